The van der Waals surface area contributed by atoms with Gasteiger partial charge in [0.1, 0.15) is 6.61 Å². The smallest absolute Gasteiger partial charge is 0.333 e. The van der Waals surface area contributed by atoms with Crippen LogP contribution in [-0.2, 0) is 14.3 Å². The molecule has 148 valence electrons. The highest BCUT2D eigenvalue weighted by Crippen LogP contribution is 1.99. The van der Waals surface area contributed by atoms with Gasteiger partial charge in [-0.05, 0) is 25.4 Å². The Morgan fingerprint density at radius 3 is 1.52 bits per heavy atom. The fourth-order valence-corrected chi connectivity index (χ4v) is 1.71. The Labute approximate surface area is 163 Å². The summed E-state index contributed by atoms with van der Waals surface area (Å²) in [4.78, 5) is 20.6. The molecule has 0 saturated carbocycles. The third-order valence-electron chi connectivity index (χ3n) is 1.85. The van der Waals surface area contributed by atoms with Gasteiger partial charge in [0, 0.05) is 34.2 Å². The Bertz CT molecular complexity index is 362. The van der Waals surface area contributed by atoms with Crippen LogP contribution in [0.2, 0.25) is 0 Å². The summed E-state index contributed by atoms with van der Waals surface area (Å²) in [7, 11) is 0. The Balaban J connectivity index is -0.000000317. The number of allylic oxidation sites excluding steroid dienone is 1. The number of hydrogen-bond donors (Lipinski definition) is 3. The van der Waals surface area contributed by atoms with Crippen LogP contribution in [0.25, 0.3) is 0 Å². The van der Waals surface area contributed by atoms with E-state index < -0.39 is 5.24 Å². The summed E-state index contributed by atoms with van der Waals surface area (Å²) in [5.74, 6) is 2.53. The molecule has 9 heteroatoms. The molecule has 0 saturated heterocycles. The lowest BCUT2D eigenvalue weighted by atomic mass is 10.4. The number of esters is 1. The van der Waals surface area contributed by atoms with Gasteiger partial charge in [0.15, 0.2) is 0 Å². The van der Waals surface area contributed by atoms with Crippen LogP contribution < -0.4 is 0 Å². The highest BCUT2D eigenvalue weighted by Gasteiger charge is 2.01. The topological polar surface area (TPSA) is 104 Å². The van der Waals surface area contributed by atoms with Crippen molar-refractivity contribution in [3.63, 3.8) is 0 Å². The van der Waals surface area contributed by atoms with Gasteiger partial charge >= 0.3 is 5.97 Å². The van der Waals surface area contributed by atoms with Crippen LogP contribution >= 0.6 is 35.1 Å². The Morgan fingerprint density at radius 2 is 1.24 bits per heavy atom. The molecule has 0 aliphatic carbocycles. The van der Waals surface area contributed by atoms with Crippen molar-refractivity contribution < 1.29 is 29.6 Å². The molecule has 0 aromatic carbocycles. The molecular formula is C16H29ClO6S2. The molecule has 0 aliphatic heterocycles. The van der Waals surface area contributed by atoms with Crippen LogP contribution in [0.1, 0.15) is 13.8 Å². The van der Waals surface area contributed by atoms with E-state index in [1.807, 2.05) is 0 Å². The number of carbonyl (C=O) groups excluding carboxylic acids is 2. The van der Waals surface area contributed by atoms with Gasteiger partial charge < -0.3 is 20.1 Å². The summed E-state index contributed by atoms with van der Waals surface area (Å²) in [5.41, 5.74) is 0.804. The monoisotopic (exact) mass is 416 g/mol. The number of thioether (sulfide) groups is 2. The zero-order chi connectivity index (χ0) is 20.1. The zero-order valence-corrected chi connectivity index (χ0v) is 17.2. The van der Waals surface area contributed by atoms with Crippen molar-refractivity contribution in [1.29, 1.82) is 0 Å². The van der Waals surface area contributed by atoms with Gasteiger partial charge in [-0.2, -0.15) is 23.5 Å². The number of aliphatic hydroxyl groups excluding tert-OH is 3. The molecule has 25 heavy (non-hydrogen) atoms. The molecule has 0 aliphatic rings. The summed E-state index contributed by atoms with van der Waals surface area (Å²) >= 11 is 7.98. The largest absolute Gasteiger partial charge is 0.461 e. The molecule has 0 aromatic rings. The van der Waals surface area contributed by atoms with Gasteiger partial charge in [0.25, 0.3) is 0 Å². The first kappa shape index (κ1) is 29.3. The SMILES string of the molecule is C=C(C)C(=O)Cl.C=C(C)C(=O)OCCSCCO.OCCSCCO. The lowest BCUT2D eigenvalue weighted by Gasteiger charge is -2.02. The van der Waals surface area contributed by atoms with E-state index in [0.29, 0.717) is 23.5 Å². The van der Waals surface area contributed by atoms with Gasteiger partial charge in [-0.1, -0.05) is 13.2 Å². The van der Waals surface area contributed by atoms with Gasteiger partial charge in [-0.15, -0.1) is 0 Å². The number of rotatable bonds is 11. The lowest BCUT2D eigenvalue weighted by molar-refractivity contribution is -0.138. The van der Waals surface area contributed by atoms with Crippen molar-refractivity contribution in [1.82, 2.24) is 0 Å². The second kappa shape index (κ2) is 23.5. The molecule has 0 fully saturated rings. The predicted molar refractivity (Wildman–Crippen MR) is 107 cm³/mol. The molecule has 0 atom stereocenters. The third-order valence-corrected chi connectivity index (χ3v) is 4.04. The van der Waals surface area contributed by atoms with E-state index in [1.165, 1.54) is 0 Å². The number of carbonyl (C=O) groups is 2. The number of halogens is 1. The fraction of sp³-hybridized carbons (Fsp3) is 0.625. The molecular weight excluding hydrogens is 388 g/mol. The average molecular weight is 417 g/mol. The zero-order valence-electron chi connectivity index (χ0n) is 14.8. The number of hydrogen-bond acceptors (Lipinski definition) is 8. The second-order valence-corrected chi connectivity index (χ2v) is 7.16. The summed E-state index contributed by atoms with van der Waals surface area (Å²) in [6.45, 7) is 10.9. The maximum absolute atomic E-state index is 10.8. The first-order valence-corrected chi connectivity index (χ1v) is 10.1. The van der Waals surface area contributed by atoms with E-state index in [-0.39, 0.29) is 25.8 Å². The molecule has 3 N–H and O–H groups in total. The first-order valence-electron chi connectivity index (χ1n) is 7.40. The van der Waals surface area contributed by atoms with E-state index in [0.717, 1.165) is 17.3 Å². The number of aliphatic hydroxyl groups is 3. The minimum Gasteiger partial charge on any atom is -0.461 e. The van der Waals surface area contributed by atoms with Crippen molar-refractivity contribution in [2.45, 2.75) is 13.8 Å². The van der Waals surface area contributed by atoms with E-state index in [9.17, 15) is 9.59 Å². The molecule has 6 nitrogen and oxygen atoms in total. The molecule has 0 unspecified atom stereocenters. The molecule has 0 rings (SSSR count). The minimum atomic E-state index is -0.463. The highest BCUT2D eigenvalue weighted by molar-refractivity contribution is 7.99. The molecule has 0 bridgehead atoms. The average Bonchev–Trinajstić information content (AvgIpc) is 2.56. The van der Waals surface area contributed by atoms with Crippen molar-refractivity contribution in [3.05, 3.63) is 24.3 Å². The standard InChI is InChI=1S/C8H14O3S.C4H5ClO.C4H10O2S/c1-7(2)8(10)11-4-6-12-5-3-9;1-3(2)4(5)6;5-1-3-7-4-2-6/h9H,1,3-6H2,2H3;1H2,2H3;5-6H,1-4H2. The maximum atomic E-state index is 10.8. The lowest BCUT2D eigenvalue weighted by Crippen LogP contribution is -2.08. The van der Waals surface area contributed by atoms with E-state index in [4.69, 9.17) is 31.7 Å². The second-order valence-electron chi connectivity index (χ2n) is 4.37. The van der Waals surface area contributed by atoms with Gasteiger partial charge in [-0.3, -0.25) is 4.79 Å². The van der Waals surface area contributed by atoms with Crippen LogP contribution in [0.5, 0.6) is 0 Å². The van der Waals surface area contributed by atoms with Crippen molar-refractivity contribution in [2.24, 2.45) is 0 Å². The normalized spacial score (nSPS) is 9.04. The Hall–Kier alpha value is -0.510. The van der Waals surface area contributed by atoms with Crippen LogP contribution in [0, 0.1) is 0 Å². The molecule has 0 amide bonds. The van der Waals surface area contributed by atoms with Crippen molar-refractivity contribution in [2.75, 3.05) is 49.4 Å². The Morgan fingerprint density at radius 1 is 0.880 bits per heavy atom. The quantitative estimate of drug-likeness (QED) is 0.203. The molecule has 0 radical (unpaired) electrons. The Kier molecular flexibility index (Phi) is 27.5. The van der Waals surface area contributed by atoms with Gasteiger partial charge in [0.05, 0.1) is 19.8 Å². The van der Waals surface area contributed by atoms with Crippen LogP contribution in [0.4, 0.5) is 0 Å². The van der Waals surface area contributed by atoms with E-state index >= 15 is 0 Å². The summed E-state index contributed by atoms with van der Waals surface area (Å²) in [6.07, 6.45) is 0. The maximum Gasteiger partial charge on any atom is 0.333 e. The highest BCUT2D eigenvalue weighted by atomic mass is 35.5. The van der Waals surface area contributed by atoms with E-state index in [1.54, 1.807) is 37.4 Å². The summed E-state index contributed by atoms with van der Waals surface area (Å²) in [6, 6.07) is 0. The van der Waals surface area contributed by atoms with Gasteiger partial charge in [-0.25, -0.2) is 4.79 Å². The number of ether oxygens (including phenoxy) is 1. The third kappa shape index (κ3) is 31.7. The van der Waals surface area contributed by atoms with E-state index in [2.05, 4.69) is 13.2 Å². The van der Waals surface area contributed by atoms with Crippen molar-refractivity contribution in [3.8, 4) is 0 Å². The summed E-state index contributed by atoms with van der Waals surface area (Å²) < 4.78 is 4.81. The van der Waals surface area contributed by atoms with Crippen LogP contribution in [0.3, 0.4) is 0 Å². The van der Waals surface area contributed by atoms with Gasteiger partial charge in [0.2, 0.25) is 5.24 Å². The van der Waals surface area contributed by atoms with Crippen LogP contribution in [0.15, 0.2) is 24.3 Å². The molecule has 0 heterocycles. The minimum absolute atomic E-state index is 0.166. The molecule has 0 spiro atoms. The molecule has 0 aromatic heterocycles. The predicted octanol–water partition coefficient (Wildman–Crippen LogP) is 1.86. The summed E-state index contributed by atoms with van der Waals surface area (Å²) in [5, 5.41) is 24.3. The van der Waals surface area contributed by atoms with Crippen molar-refractivity contribution >= 4 is 46.3 Å². The van der Waals surface area contributed by atoms with Crippen LogP contribution in [-0.4, -0.2) is 76.0 Å². The fourth-order valence-electron chi connectivity index (χ4n) is 0.714. The first-order chi connectivity index (χ1) is 11.7.